The molecule has 138 valence electrons. The van der Waals surface area contributed by atoms with E-state index in [-0.39, 0.29) is 24.0 Å². The summed E-state index contributed by atoms with van der Waals surface area (Å²) >= 11 is 0. The van der Waals surface area contributed by atoms with E-state index < -0.39 is 0 Å². The molecular weight excluding hydrogens is 421 g/mol. The summed E-state index contributed by atoms with van der Waals surface area (Å²) in [6.07, 6.45) is 3.55. The van der Waals surface area contributed by atoms with Gasteiger partial charge in [-0.05, 0) is 6.42 Å². The molecule has 0 heterocycles. The van der Waals surface area contributed by atoms with E-state index in [4.69, 9.17) is 14.2 Å². The molecule has 2 N–H and O–H groups in total. The molecule has 0 aliphatic rings. The summed E-state index contributed by atoms with van der Waals surface area (Å²) < 4.78 is 16.2. The van der Waals surface area contributed by atoms with Crippen LogP contribution in [0.25, 0.3) is 0 Å². The molecule has 0 aliphatic carbocycles. The minimum absolute atomic E-state index is 0. The molecule has 7 heteroatoms. The Morgan fingerprint density at radius 3 is 2.08 bits per heavy atom. The van der Waals surface area contributed by atoms with Crippen LogP contribution in [0.3, 0.4) is 0 Å². The first kappa shape index (κ1) is 22.6. The maximum atomic E-state index is 5.45. The Balaban J connectivity index is 0.00000529. The van der Waals surface area contributed by atoms with Crippen LogP contribution in [0.2, 0.25) is 0 Å². The summed E-state index contributed by atoms with van der Waals surface area (Å²) in [6, 6.07) is 3.69. The number of methoxy groups -OCH3 is 3. The highest BCUT2D eigenvalue weighted by Gasteiger charge is 2.13. The lowest BCUT2D eigenvalue weighted by Gasteiger charge is -2.17. The number of halogens is 1. The standard InChI is InChI=1S/C17H29N3O3.HI/c1-6-7-8-9-19-17(18-2)20-12-14-15(22-4)10-13(21-3)11-16(14)23-5;/h10-11H,6-9,12H2,1-5H3,(H2,18,19,20);1H. The Kier molecular flexibility index (Phi) is 12.2. The maximum absolute atomic E-state index is 5.45. The predicted molar refractivity (Wildman–Crippen MR) is 109 cm³/mol. The minimum atomic E-state index is 0. The van der Waals surface area contributed by atoms with Crippen LogP contribution in [0, 0.1) is 0 Å². The van der Waals surface area contributed by atoms with Crippen molar-refractivity contribution in [2.24, 2.45) is 4.99 Å². The van der Waals surface area contributed by atoms with Gasteiger partial charge < -0.3 is 24.8 Å². The summed E-state index contributed by atoms with van der Waals surface area (Å²) in [6.45, 7) is 3.64. The van der Waals surface area contributed by atoms with Crippen LogP contribution in [-0.4, -0.2) is 40.9 Å². The quantitative estimate of drug-likeness (QED) is 0.261. The predicted octanol–water partition coefficient (Wildman–Crippen LogP) is 3.19. The Morgan fingerprint density at radius 2 is 1.62 bits per heavy atom. The number of rotatable bonds is 9. The van der Waals surface area contributed by atoms with Gasteiger partial charge in [-0.15, -0.1) is 24.0 Å². The average Bonchev–Trinajstić information content (AvgIpc) is 2.60. The second-order valence-corrected chi connectivity index (χ2v) is 5.07. The Labute approximate surface area is 162 Å². The van der Waals surface area contributed by atoms with E-state index in [1.54, 1.807) is 28.4 Å². The van der Waals surface area contributed by atoms with Gasteiger partial charge in [-0.1, -0.05) is 19.8 Å². The molecule has 0 bridgehead atoms. The Hall–Kier alpha value is -1.38. The van der Waals surface area contributed by atoms with E-state index >= 15 is 0 Å². The van der Waals surface area contributed by atoms with E-state index in [1.165, 1.54) is 12.8 Å². The molecule has 0 amide bonds. The highest BCUT2D eigenvalue weighted by Crippen LogP contribution is 2.33. The Morgan fingerprint density at radius 1 is 1.00 bits per heavy atom. The fourth-order valence-electron chi connectivity index (χ4n) is 2.23. The van der Waals surface area contributed by atoms with Gasteiger partial charge in [0, 0.05) is 25.7 Å². The number of guanidine groups is 1. The summed E-state index contributed by atoms with van der Waals surface area (Å²) in [5.41, 5.74) is 0.923. The van der Waals surface area contributed by atoms with Crippen LogP contribution in [0.4, 0.5) is 0 Å². The summed E-state index contributed by atoms with van der Waals surface area (Å²) in [7, 11) is 6.65. The second-order valence-electron chi connectivity index (χ2n) is 5.07. The maximum Gasteiger partial charge on any atom is 0.191 e. The third-order valence-electron chi connectivity index (χ3n) is 3.55. The van der Waals surface area contributed by atoms with Gasteiger partial charge in [0.2, 0.25) is 0 Å². The van der Waals surface area contributed by atoms with Crippen molar-refractivity contribution in [2.75, 3.05) is 34.9 Å². The summed E-state index contributed by atoms with van der Waals surface area (Å²) in [4.78, 5) is 4.23. The minimum Gasteiger partial charge on any atom is -0.496 e. The van der Waals surface area contributed by atoms with Crippen molar-refractivity contribution in [1.82, 2.24) is 10.6 Å². The van der Waals surface area contributed by atoms with Crippen molar-refractivity contribution >= 4 is 29.9 Å². The topological polar surface area (TPSA) is 64.1 Å². The molecule has 0 fully saturated rings. The molecule has 1 aromatic rings. The van der Waals surface area contributed by atoms with Gasteiger partial charge in [-0.25, -0.2) is 0 Å². The molecule has 0 saturated heterocycles. The number of nitrogens with zero attached hydrogens (tertiary/aromatic N) is 1. The molecule has 24 heavy (non-hydrogen) atoms. The highest BCUT2D eigenvalue weighted by molar-refractivity contribution is 14.0. The number of ether oxygens (including phenoxy) is 3. The zero-order valence-corrected chi connectivity index (χ0v) is 17.6. The molecule has 0 aromatic heterocycles. The largest absolute Gasteiger partial charge is 0.496 e. The van der Waals surface area contributed by atoms with Gasteiger partial charge in [0.1, 0.15) is 17.2 Å². The van der Waals surface area contributed by atoms with Crippen LogP contribution in [0.5, 0.6) is 17.2 Å². The number of nitrogens with one attached hydrogen (secondary N) is 2. The SMILES string of the molecule is CCCCCNC(=NC)NCc1c(OC)cc(OC)cc1OC.I. The normalized spacial score (nSPS) is 10.6. The smallest absolute Gasteiger partial charge is 0.191 e. The monoisotopic (exact) mass is 451 g/mol. The van der Waals surface area contributed by atoms with Gasteiger partial charge in [0.15, 0.2) is 5.96 Å². The third kappa shape index (κ3) is 7.02. The van der Waals surface area contributed by atoms with Crippen molar-refractivity contribution in [3.63, 3.8) is 0 Å². The molecule has 1 rings (SSSR count). The lowest BCUT2D eigenvalue weighted by atomic mass is 10.1. The van der Waals surface area contributed by atoms with Crippen molar-refractivity contribution in [2.45, 2.75) is 32.7 Å². The number of aliphatic imine (C=N–C) groups is 1. The number of benzene rings is 1. The number of unbranched alkanes of at least 4 members (excludes halogenated alkanes) is 2. The van der Waals surface area contributed by atoms with E-state index in [0.717, 1.165) is 36.0 Å². The van der Waals surface area contributed by atoms with E-state index in [0.29, 0.717) is 12.3 Å². The third-order valence-corrected chi connectivity index (χ3v) is 3.55. The van der Waals surface area contributed by atoms with Crippen molar-refractivity contribution in [3.8, 4) is 17.2 Å². The lowest BCUT2D eigenvalue weighted by molar-refractivity contribution is 0.368. The van der Waals surface area contributed by atoms with Crippen LogP contribution < -0.4 is 24.8 Å². The first-order valence-corrected chi connectivity index (χ1v) is 7.93. The number of hydrogen-bond donors (Lipinski definition) is 2. The van der Waals surface area contributed by atoms with Gasteiger partial charge in [-0.2, -0.15) is 0 Å². The molecule has 0 unspecified atom stereocenters. The summed E-state index contributed by atoms with van der Waals surface area (Å²) in [5.74, 6) is 2.90. The average molecular weight is 451 g/mol. The molecular formula is C17H30IN3O3. The molecule has 0 radical (unpaired) electrons. The Bertz CT molecular complexity index is 485. The molecule has 6 nitrogen and oxygen atoms in total. The first-order chi connectivity index (χ1) is 11.2. The molecule has 1 aromatic carbocycles. The lowest BCUT2D eigenvalue weighted by Crippen LogP contribution is -2.37. The first-order valence-electron chi connectivity index (χ1n) is 7.93. The molecule has 0 atom stereocenters. The van der Waals surface area contributed by atoms with Gasteiger partial charge >= 0.3 is 0 Å². The molecule has 0 spiro atoms. The fraction of sp³-hybridized carbons (Fsp3) is 0.588. The van der Waals surface area contributed by atoms with Gasteiger partial charge in [0.25, 0.3) is 0 Å². The van der Waals surface area contributed by atoms with Crippen LogP contribution in [-0.2, 0) is 6.54 Å². The van der Waals surface area contributed by atoms with E-state index in [1.807, 2.05) is 12.1 Å². The van der Waals surface area contributed by atoms with E-state index in [2.05, 4.69) is 22.5 Å². The molecule has 0 aliphatic heterocycles. The van der Waals surface area contributed by atoms with Gasteiger partial charge in [0.05, 0.1) is 33.4 Å². The zero-order valence-electron chi connectivity index (χ0n) is 15.3. The fourth-order valence-corrected chi connectivity index (χ4v) is 2.23. The van der Waals surface area contributed by atoms with Crippen molar-refractivity contribution < 1.29 is 14.2 Å². The van der Waals surface area contributed by atoms with Crippen LogP contribution >= 0.6 is 24.0 Å². The van der Waals surface area contributed by atoms with Gasteiger partial charge in [-0.3, -0.25) is 4.99 Å². The summed E-state index contributed by atoms with van der Waals surface area (Å²) in [5, 5.41) is 6.59. The van der Waals surface area contributed by atoms with Crippen LogP contribution in [0.15, 0.2) is 17.1 Å². The second kappa shape index (κ2) is 13.0. The van der Waals surface area contributed by atoms with Crippen molar-refractivity contribution in [1.29, 1.82) is 0 Å². The van der Waals surface area contributed by atoms with Crippen molar-refractivity contribution in [3.05, 3.63) is 17.7 Å². The molecule has 0 saturated carbocycles. The van der Waals surface area contributed by atoms with Crippen LogP contribution in [0.1, 0.15) is 31.7 Å². The number of hydrogen-bond acceptors (Lipinski definition) is 4. The zero-order chi connectivity index (χ0) is 17.1. The van der Waals surface area contributed by atoms with E-state index in [9.17, 15) is 0 Å². The highest BCUT2D eigenvalue weighted by atomic mass is 127.